The molecule has 1 aliphatic rings. The van der Waals surface area contributed by atoms with E-state index in [2.05, 4.69) is 0 Å². The van der Waals surface area contributed by atoms with E-state index in [0.29, 0.717) is 17.6 Å². The molecular formula is C20H15NO5. The highest BCUT2D eigenvalue weighted by Crippen LogP contribution is 2.42. The highest BCUT2D eigenvalue weighted by molar-refractivity contribution is 6.13. The number of carbonyl (C=O) groups excluding carboxylic acids is 1. The molecule has 1 aliphatic heterocycles. The van der Waals surface area contributed by atoms with Crippen LogP contribution in [0.1, 0.15) is 31.8 Å². The Morgan fingerprint density at radius 3 is 2.50 bits per heavy atom. The number of benzene rings is 3. The molecule has 0 radical (unpaired) electrons. The van der Waals surface area contributed by atoms with Gasteiger partial charge in [0.05, 0.1) is 18.2 Å². The quantitative estimate of drug-likeness (QED) is 0.591. The van der Waals surface area contributed by atoms with Gasteiger partial charge in [-0.1, -0.05) is 6.07 Å². The summed E-state index contributed by atoms with van der Waals surface area (Å²) in [7, 11) is 1.60. The molecule has 4 rings (SSSR count). The fourth-order valence-electron chi connectivity index (χ4n) is 3.39. The number of carboxylic acids is 1. The lowest BCUT2D eigenvalue weighted by molar-refractivity contribution is 0.0694. The summed E-state index contributed by atoms with van der Waals surface area (Å²) < 4.78 is 11.2. The zero-order chi connectivity index (χ0) is 18.4. The molecule has 0 bridgehead atoms. The topological polar surface area (TPSA) is 98.9 Å². The molecule has 130 valence electrons. The largest absolute Gasteiger partial charge is 0.497 e. The second-order valence-electron chi connectivity index (χ2n) is 6.05. The van der Waals surface area contributed by atoms with Crippen LogP contribution >= 0.6 is 0 Å². The zero-order valence-electron chi connectivity index (χ0n) is 13.9. The van der Waals surface area contributed by atoms with E-state index in [0.717, 1.165) is 28.0 Å². The normalized spacial score (nSPS) is 12.0. The molecule has 1 heterocycles. The van der Waals surface area contributed by atoms with Crippen LogP contribution in [0.5, 0.6) is 17.2 Å². The van der Waals surface area contributed by atoms with Gasteiger partial charge in [0.2, 0.25) is 5.91 Å². The number of ether oxygens (including phenoxy) is 2. The van der Waals surface area contributed by atoms with Gasteiger partial charge in [-0.15, -0.1) is 0 Å². The first-order chi connectivity index (χ1) is 12.5. The lowest BCUT2D eigenvalue weighted by Crippen LogP contribution is -2.17. The van der Waals surface area contributed by atoms with E-state index in [4.69, 9.17) is 15.2 Å². The molecule has 0 aromatic heterocycles. The van der Waals surface area contributed by atoms with E-state index < -0.39 is 11.9 Å². The Labute approximate surface area is 148 Å². The molecule has 0 unspecified atom stereocenters. The number of hydrogen-bond donors (Lipinski definition) is 2. The Bertz CT molecular complexity index is 1090. The molecule has 0 fully saturated rings. The Kier molecular flexibility index (Phi) is 3.54. The second-order valence-corrected chi connectivity index (χ2v) is 6.05. The summed E-state index contributed by atoms with van der Waals surface area (Å²) >= 11 is 0. The van der Waals surface area contributed by atoms with Gasteiger partial charge in [0.25, 0.3) is 0 Å². The average Bonchev–Trinajstić information content (AvgIpc) is 2.64. The van der Waals surface area contributed by atoms with Crippen LogP contribution in [0.3, 0.4) is 0 Å². The van der Waals surface area contributed by atoms with E-state index >= 15 is 0 Å². The summed E-state index contributed by atoms with van der Waals surface area (Å²) in [4.78, 5) is 23.3. The van der Waals surface area contributed by atoms with Gasteiger partial charge >= 0.3 is 5.97 Å². The van der Waals surface area contributed by atoms with E-state index in [9.17, 15) is 14.7 Å². The first-order valence-corrected chi connectivity index (χ1v) is 7.96. The monoisotopic (exact) mass is 349 g/mol. The molecule has 3 aromatic rings. The number of amides is 1. The third-order valence-electron chi connectivity index (χ3n) is 4.60. The van der Waals surface area contributed by atoms with Crippen molar-refractivity contribution in [1.29, 1.82) is 0 Å². The molecule has 3 N–H and O–H groups in total. The van der Waals surface area contributed by atoms with Gasteiger partial charge in [0.15, 0.2) is 0 Å². The molecule has 6 heteroatoms. The van der Waals surface area contributed by atoms with Crippen molar-refractivity contribution < 1.29 is 24.2 Å². The summed E-state index contributed by atoms with van der Waals surface area (Å²) in [5, 5.41) is 10.8. The fraction of sp³-hybridized carbons (Fsp3) is 0.100. The van der Waals surface area contributed by atoms with Crippen molar-refractivity contribution in [3.05, 3.63) is 64.7 Å². The first kappa shape index (κ1) is 16.0. The van der Waals surface area contributed by atoms with Crippen LogP contribution < -0.4 is 15.2 Å². The zero-order valence-corrected chi connectivity index (χ0v) is 13.9. The predicted octanol–water partition coefficient (Wildman–Crippen LogP) is 3.34. The third-order valence-corrected chi connectivity index (χ3v) is 4.60. The van der Waals surface area contributed by atoms with Crippen molar-refractivity contribution >= 4 is 22.6 Å². The number of aromatic carboxylic acids is 1. The van der Waals surface area contributed by atoms with Crippen LogP contribution in [0.2, 0.25) is 0 Å². The standard InChI is InChI=1S/C20H15NO5/c1-25-11-2-6-16-10(8-11)9-15-12-3-4-14(19(21)22)18(20(23)24)13(12)5-7-17(15)26-16/h2-8H,9H2,1H3,(H2,21,22)(H,23,24). The molecule has 3 aromatic carbocycles. The number of carboxylic acid groups (broad SMARTS) is 1. The number of rotatable bonds is 3. The molecule has 0 atom stereocenters. The van der Waals surface area contributed by atoms with Gasteiger partial charge in [0, 0.05) is 17.5 Å². The number of hydrogen-bond acceptors (Lipinski definition) is 4. The molecule has 26 heavy (non-hydrogen) atoms. The Morgan fingerprint density at radius 1 is 1.08 bits per heavy atom. The molecular weight excluding hydrogens is 334 g/mol. The van der Waals surface area contributed by atoms with Crippen molar-refractivity contribution in [2.24, 2.45) is 5.73 Å². The first-order valence-electron chi connectivity index (χ1n) is 7.96. The van der Waals surface area contributed by atoms with Crippen LogP contribution in [-0.2, 0) is 6.42 Å². The van der Waals surface area contributed by atoms with Crippen molar-refractivity contribution in [2.75, 3.05) is 7.11 Å². The maximum absolute atomic E-state index is 11.7. The number of methoxy groups -OCH3 is 1. The SMILES string of the molecule is COc1ccc2c(c1)Cc1c(ccc3c(C(=O)O)c(C(N)=O)ccc13)O2. The summed E-state index contributed by atoms with van der Waals surface area (Å²) in [5.41, 5.74) is 7.04. The summed E-state index contributed by atoms with van der Waals surface area (Å²) in [6, 6.07) is 12.1. The van der Waals surface area contributed by atoms with Crippen molar-refractivity contribution in [2.45, 2.75) is 6.42 Å². The van der Waals surface area contributed by atoms with Gasteiger partial charge in [-0.25, -0.2) is 4.79 Å². The molecule has 0 aliphatic carbocycles. The van der Waals surface area contributed by atoms with E-state index in [1.807, 2.05) is 18.2 Å². The fourth-order valence-corrected chi connectivity index (χ4v) is 3.39. The molecule has 1 amide bonds. The van der Waals surface area contributed by atoms with Crippen LogP contribution in [0, 0.1) is 0 Å². The van der Waals surface area contributed by atoms with Gasteiger partial charge < -0.3 is 20.3 Å². The Hall–Kier alpha value is -3.54. The summed E-state index contributed by atoms with van der Waals surface area (Å²) in [5.74, 6) is 0.165. The molecule has 0 saturated heterocycles. The minimum absolute atomic E-state index is 0.0104. The number of nitrogens with two attached hydrogens (primary N) is 1. The van der Waals surface area contributed by atoms with E-state index in [1.165, 1.54) is 6.07 Å². The van der Waals surface area contributed by atoms with Gasteiger partial charge in [-0.2, -0.15) is 0 Å². The Balaban J connectivity index is 1.95. The lowest BCUT2D eigenvalue weighted by atomic mass is 9.91. The number of carbonyl (C=O) groups is 2. The lowest BCUT2D eigenvalue weighted by Gasteiger charge is -2.23. The smallest absolute Gasteiger partial charge is 0.337 e. The highest BCUT2D eigenvalue weighted by Gasteiger charge is 2.24. The number of primary amides is 1. The molecule has 0 saturated carbocycles. The van der Waals surface area contributed by atoms with Crippen LogP contribution in [0.25, 0.3) is 10.8 Å². The van der Waals surface area contributed by atoms with Crippen LogP contribution in [0.4, 0.5) is 0 Å². The predicted molar refractivity (Wildman–Crippen MR) is 95.3 cm³/mol. The van der Waals surface area contributed by atoms with Gasteiger partial charge in [-0.05, 0) is 47.2 Å². The maximum atomic E-state index is 11.7. The Morgan fingerprint density at radius 2 is 1.81 bits per heavy atom. The van der Waals surface area contributed by atoms with E-state index in [1.54, 1.807) is 25.3 Å². The summed E-state index contributed by atoms with van der Waals surface area (Å²) in [6.07, 6.45) is 0.564. The maximum Gasteiger partial charge on any atom is 0.337 e. The van der Waals surface area contributed by atoms with Crippen molar-refractivity contribution in [3.63, 3.8) is 0 Å². The molecule has 6 nitrogen and oxygen atoms in total. The summed E-state index contributed by atoms with van der Waals surface area (Å²) in [6.45, 7) is 0. The second kappa shape index (κ2) is 5.77. The van der Waals surface area contributed by atoms with Crippen LogP contribution in [-0.4, -0.2) is 24.1 Å². The molecule has 0 spiro atoms. The van der Waals surface area contributed by atoms with E-state index in [-0.39, 0.29) is 11.1 Å². The number of fused-ring (bicyclic) bond motifs is 4. The van der Waals surface area contributed by atoms with Crippen molar-refractivity contribution in [1.82, 2.24) is 0 Å². The minimum Gasteiger partial charge on any atom is -0.497 e. The van der Waals surface area contributed by atoms with Crippen LogP contribution in [0.15, 0.2) is 42.5 Å². The van der Waals surface area contributed by atoms with Crippen molar-refractivity contribution in [3.8, 4) is 17.2 Å². The minimum atomic E-state index is -1.19. The highest BCUT2D eigenvalue weighted by atomic mass is 16.5. The average molecular weight is 349 g/mol. The van der Waals surface area contributed by atoms with Gasteiger partial charge in [-0.3, -0.25) is 4.79 Å². The third kappa shape index (κ3) is 2.35. The van der Waals surface area contributed by atoms with Gasteiger partial charge in [0.1, 0.15) is 17.2 Å².